The molecule has 2 aliphatic rings. The Morgan fingerprint density at radius 2 is 1.85 bits per heavy atom. The Morgan fingerprint density at radius 3 is 2.42 bits per heavy atom. The van der Waals surface area contributed by atoms with Crippen LogP contribution in [0.5, 0.6) is 0 Å². The van der Waals surface area contributed by atoms with Crippen molar-refractivity contribution in [3.63, 3.8) is 0 Å². The number of hydrogen-bond donors (Lipinski definition) is 2. The van der Waals surface area contributed by atoms with Crippen LogP contribution >= 0.6 is 0 Å². The van der Waals surface area contributed by atoms with Crippen LogP contribution in [-0.4, -0.2) is 57.1 Å². The second kappa shape index (κ2) is 7.99. The van der Waals surface area contributed by atoms with Gasteiger partial charge in [-0.2, -0.15) is 0 Å². The van der Waals surface area contributed by atoms with E-state index in [1.807, 2.05) is 0 Å². The van der Waals surface area contributed by atoms with E-state index in [1.54, 1.807) is 4.90 Å². The first-order valence-corrected chi connectivity index (χ1v) is 10.3. The van der Waals surface area contributed by atoms with Gasteiger partial charge in [0.15, 0.2) is 0 Å². The van der Waals surface area contributed by atoms with E-state index in [0.29, 0.717) is 38.9 Å². The number of likely N-dealkylation sites (tertiary alicyclic amines) is 1. The number of rotatable bonds is 5. The van der Waals surface area contributed by atoms with Crippen LogP contribution in [0.15, 0.2) is 29.2 Å². The molecule has 0 radical (unpaired) electrons. The topological polar surface area (TPSA) is 102 Å². The first-order valence-electron chi connectivity index (χ1n) is 8.81. The molecule has 3 N–H and O–H groups in total. The Kier molecular flexibility index (Phi) is 5.91. The molecule has 2 aliphatic heterocycles. The van der Waals surface area contributed by atoms with Gasteiger partial charge in [0.1, 0.15) is 11.9 Å². The van der Waals surface area contributed by atoms with E-state index in [0.717, 1.165) is 18.6 Å². The van der Waals surface area contributed by atoms with Gasteiger partial charge in [0.05, 0.1) is 11.0 Å². The van der Waals surface area contributed by atoms with Crippen molar-refractivity contribution in [2.45, 2.75) is 48.8 Å². The Labute approximate surface area is 152 Å². The van der Waals surface area contributed by atoms with Crippen molar-refractivity contribution in [3.8, 4) is 0 Å². The van der Waals surface area contributed by atoms with Crippen molar-refractivity contribution in [3.05, 3.63) is 30.1 Å². The van der Waals surface area contributed by atoms with E-state index in [-0.39, 0.29) is 22.9 Å². The number of amides is 1. The number of piperidine rings is 1. The molecule has 144 valence electrons. The van der Waals surface area contributed by atoms with Crippen LogP contribution in [0.25, 0.3) is 0 Å². The maximum absolute atomic E-state index is 13.0. The van der Waals surface area contributed by atoms with E-state index in [9.17, 15) is 17.6 Å². The van der Waals surface area contributed by atoms with Gasteiger partial charge in [-0.05, 0) is 49.9 Å². The van der Waals surface area contributed by atoms with Gasteiger partial charge in [-0.15, -0.1) is 0 Å². The third-order valence-corrected chi connectivity index (χ3v) is 6.43. The fourth-order valence-corrected chi connectivity index (χ4v) is 4.69. The van der Waals surface area contributed by atoms with Gasteiger partial charge in [0, 0.05) is 25.7 Å². The van der Waals surface area contributed by atoms with Gasteiger partial charge < -0.3 is 15.4 Å². The highest BCUT2D eigenvalue weighted by Crippen LogP contribution is 2.23. The SMILES string of the molecule is NC[C@H]1CC[C@@H](C(=O)N2CCC(NS(=O)(=O)c3ccc(F)cc3)CC2)O1. The monoisotopic (exact) mass is 385 g/mol. The molecule has 0 aliphatic carbocycles. The molecule has 2 atom stereocenters. The van der Waals surface area contributed by atoms with E-state index < -0.39 is 21.9 Å². The molecule has 1 aromatic carbocycles. The number of nitrogens with one attached hydrogen (secondary N) is 1. The Morgan fingerprint density at radius 1 is 1.19 bits per heavy atom. The number of ether oxygens (including phenoxy) is 1. The van der Waals surface area contributed by atoms with Crippen LogP contribution in [0.1, 0.15) is 25.7 Å². The lowest BCUT2D eigenvalue weighted by Crippen LogP contribution is -2.49. The average Bonchev–Trinajstić information content (AvgIpc) is 3.11. The number of nitrogens with two attached hydrogens (primary N) is 1. The van der Waals surface area contributed by atoms with E-state index in [1.165, 1.54) is 12.1 Å². The molecule has 3 rings (SSSR count). The Bertz CT molecular complexity index is 733. The molecule has 26 heavy (non-hydrogen) atoms. The third-order valence-electron chi connectivity index (χ3n) is 4.90. The van der Waals surface area contributed by atoms with Crippen LogP contribution in [0.3, 0.4) is 0 Å². The van der Waals surface area contributed by atoms with Gasteiger partial charge in [-0.1, -0.05) is 0 Å². The summed E-state index contributed by atoms with van der Waals surface area (Å²) in [5.74, 6) is -0.525. The summed E-state index contributed by atoms with van der Waals surface area (Å²) in [4.78, 5) is 14.3. The van der Waals surface area contributed by atoms with Crippen molar-refractivity contribution >= 4 is 15.9 Å². The number of nitrogens with zero attached hydrogens (tertiary/aromatic N) is 1. The van der Waals surface area contributed by atoms with Crippen LogP contribution < -0.4 is 10.5 Å². The number of carbonyl (C=O) groups excluding carboxylic acids is 1. The summed E-state index contributed by atoms with van der Waals surface area (Å²) in [6.07, 6.45) is 2.04. The van der Waals surface area contributed by atoms with Crippen LogP contribution in [0.4, 0.5) is 4.39 Å². The molecule has 2 saturated heterocycles. The van der Waals surface area contributed by atoms with Gasteiger partial charge in [0.2, 0.25) is 10.0 Å². The quantitative estimate of drug-likeness (QED) is 0.773. The molecule has 7 nitrogen and oxygen atoms in total. The molecule has 0 bridgehead atoms. The molecular formula is C17H24FN3O4S. The van der Waals surface area contributed by atoms with Crippen molar-refractivity contribution in [1.82, 2.24) is 9.62 Å². The molecule has 0 saturated carbocycles. The minimum Gasteiger partial charge on any atom is -0.364 e. The minimum atomic E-state index is -3.70. The lowest BCUT2D eigenvalue weighted by atomic mass is 10.0. The fourth-order valence-electron chi connectivity index (χ4n) is 3.38. The summed E-state index contributed by atoms with van der Waals surface area (Å²) in [7, 11) is -3.70. The standard InChI is InChI=1S/C17H24FN3O4S/c18-12-1-4-15(5-2-12)26(23,24)20-13-7-9-21(10-8-13)17(22)16-6-3-14(11-19)25-16/h1-2,4-5,13-14,16,20H,3,6-11,19H2/t14-,16+/m1/s1. The largest absolute Gasteiger partial charge is 0.364 e. The molecule has 2 heterocycles. The highest BCUT2D eigenvalue weighted by molar-refractivity contribution is 7.89. The average molecular weight is 385 g/mol. The molecule has 9 heteroatoms. The molecule has 2 fully saturated rings. The second-order valence-electron chi connectivity index (χ2n) is 6.73. The van der Waals surface area contributed by atoms with Crippen molar-refractivity contribution < 1.29 is 22.3 Å². The van der Waals surface area contributed by atoms with Gasteiger partial charge in [-0.3, -0.25) is 4.79 Å². The summed E-state index contributed by atoms with van der Waals surface area (Å²) < 4.78 is 46.0. The zero-order valence-corrected chi connectivity index (χ0v) is 15.3. The number of halogens is 1. The third kappa shape index (κ3) is 4.40. The molecule has 1 aromatic rings. The molecular weight excluding hydrogens is 361 g/mol. The van der Waals surface area contributed by atoms with E-state index >= 15 is 0 Å². The normalized spacial score (nSPS) is 24.8. The number of benzene rings is 1. The van der Waals surface area contributed by atoms with Crippen molar-refractivity contribution in [1.29, 1.82) is 0 Å². The van der Waals surface area contributed by atoms with Gasteiger partial charge in [-0.25, -0.2) is 17.5 Å². The summed E-state index contributed by atoms with van der Waals surface area (Å²) in [6.45, 7) is 1.36. The summed E-state index contributed by atoms with van der Waals surface area (Å²) in [5.41, 5.74) is 5.57. The summed E-state index contributed by atoms with van der Waals surface area (Å²) in [5, 5.41) is 0. The molecule has 0 spiro atoms. The molecule has 0 unspecified atom stereocenters. The van der Waals surface area contributed by atoms with Crippen molar-refractivity contribution in [2.75, 3.05) is 19.6 Å². The number of carbonyl (C=O) groups is 1. The van der Waals surface area contributed by atoms with Gasteiger partial charge in [0.25, 0.3) is 5.91 Å². The van der Waals surface area contributed by atoms with Gasteiger partial charge >= 0.3 is 0 Å². The highest BCUT2D eigenvalue weighted by Gasteiger charge is 2.35. The van der Waals surface area contributed by atoms with Crippen LogP contribution in [0, 0.1) is 5.82 Å². The predicted molar refractivity (Wildman–Crippen MR) is 93.3 cm³/mol. The van der Waals surface area contributed by atoms with E-state index in [4.69, 9.17) is 10.5 Å². The first kappa shape index (κ1) is 19.2. The second-order valence-corrected chi connectivity index (χ2v) is 8.45. The lowest BCUT2D eigenvalue weighted by molar-refractivity contribution is -0.143. The summed E-state index contributed by atoms with van der Waals surface area (Å²) >= 11 is 0. The summed E-state index contributed by atoms with van der Waals surface area (Å²) in [6, 6.07) is 4.46. The zero-order valence-electron chi connectivity index (χ0n) is 14.4. The fraction of sp³-hybridized carbons (Fsp3) is 0.588. The smallest absolute Gasteiger partial charge is 0.251 e. The lowest BCUT2D eigenvalue weighted by Gasteiger charge is -2.33. The predicted octanol–water partition coefficient (Wildman–Crippen LogP) is 0.601. The van der Waals surface area contributed by atoms with Crippen molar-refractivity contribution in [2.24, 2.45) is 5.73 Å². The number of sulfonamides is 1. The first-order chi connectivity index (χ1) is 12.4. The highest BCUT2D eigenvalue weighted by atomic mass is 32.2. The zero-order chi connectivity index (χ0) is 18.7. The molecule has 0 aromatic heterocycles. The minimum absolute atomic E-state index is 0.0320. The Hall–Kier alpha value is -1.55. The van der Waals surface area contributed by atoms with Crippen LogP contribution in [0.2, 0.25) is 0 Å². The van der Waals surface area contributed by atoms with E-state index in [2.05, 4.69) is 4.72 Å². The van der Waals surface area contributed by atoms with Crippen LogP contribution in [-0.2, 0) is 19.6 Å². The maximum Gasteiger partial charge on any atom is 0.251 e. The molecule has 1 amide bonds. The number of hydrogen-bond acceptors (Lipinski definition) is 5. The maximum atomic E-state index is 13.0. The Balaban J connectivity index is 1.52.